The molecule has 1 fully saturated rings. The van der Waals surface area contributed by atoms with Crippen LogP contribution in [0.3, 0.4) is 0 Å². The second kappa shape index (κ2) is 4.48. The molecule has 0 radical (unpaired) electrons. The van der Waals surface area contributed by atoms with Gasteiger partial charge in [0.25, 0.3) is 0 Å². The molecule has 1 aliphatic rings. The van der Waals surface area contributed by atoms with Crippen molar-refractivity contribution in [1.29, 1.82) is 0 Å². The molecule has 0 aliphatic heterocycles. The molecule has 1 heterocycles. The molecule has 1 aliphatic carbocycles. The van der Waals surface area contributed by atoms with E-state index in [0.29, 0.717) is 18.4 Å². The number of carbonyl (C=O) groups is 1. The molecular formula is C15H18N2O. The second-order valence-corrected chi connectivity index (χ2v) is 5.23. The number of carbonyl (C=O) groups excluding carboxylic acids is 1. The minimum absolute atomic E-state index is 0.124. The lowest BCUT2D eigenvalue weighted by molar-refractivity contribution is -0.121. The van der Waals surface area contributed by atoms with Crippen LogP contribution >= 0.6 is 0 Å². The second-order valence-electron chi connectivity index (χ2n) is 5.23. The number of rotatable bonds is 4. The summed E-state index contributed by atoms with van der Waals surface area (Å²) in [5, 5.41) is 4.24. The summed E-state index contributed by atoms with van der Waals surface area (Å²) in [7, 11) is 0. The summed E-state index contributed by atoms with van der Waals surface area (Å²) in [6.45, 7) is 2.10. The van der Waals surface area contributed by atoms with E-state index in [1.165, 1.54) is 12.8 Å². The highest BCUT2D eigenvalue weighted by atomic mass is 16.1. The van der Waals surface area contributed by atoms with Gasteiger partial charge in [-0.15, -0.1) is 0 Å². The average molecular weight is 242 g/mol. The first-order chi connectivity index (χ1) is 8.74. The van der Waals surface area contributed by atoms with E-state index >= 15 is 0 Å². The maximum Gasteiger partial charge on any atom is 0.224 e. The molecule has 94 valence electrons. The van der Waals surface area contributed by atoms with Gasteiger partial charge in [0.1, 0.15) is 0 Å². The molecule has 0 spiro atoms. The van der Waals surface area contributed by atoms with Gasteiger partial charge in [0.15, 0.2) is 0 Å². The first-order valence-corrected chi connectivity index (χ1v) is 6.58. The Morgan fingerprint density at radius 3 is 3.00 bits per heavy atom. The van der Waals surface area contributed by atoms with E-state index in [1.54, 1.807) is 0 Å². The number of hydrogen-bond acceptors (Lipinski definition) is 1. The van der Waals surface area contributed by atoms with Crippen LogP contribution in [-0.2, 0) is 11.2 Å². The van der Waals surface area contributed by atoms with Crippen LogP contribution in [0.15, 0.2) is 30.5 Å². The number of benzene rings is 1. The highest BCUT2D eigenvalue weighted by molar-refractivity contribution is 5.88. The fourth-order valence-electron chi connectivity index (χ4n) is 2.47. The molecule has 0 bridgehead atoms. The van der Waals surface area contributed by atoms with Crippen LogP contribution in [0.1, 0.15) is 25.3 Å². The summed E-state index contributed by atoms with van der Waals surface area (Å²) < 4.78 is 0. The van der Waals surface area contributed by atoms with Crippen LogP contribution in [0.25, 0.3) is 10.9 Å². The van der Waals surface area contributed by atoms with Crippen LogP contribution in [0.5, 0.6) is 0 Å². The average Bonchev–Trinajstić information content (AvgIpc) is 3.14. The topological polar surface area (TPSA) is 44.9 Å². The molecule has 0 saturated heterocycles. The standard InChI is InChI=1S/C15H18N2O/c1-10(11-6-7-11)17-15(18)8-12-9-16-14-5-3-2-4-13(12)14/h2-5,9-11,16H,6-8H2,1H3,(H,17,18)/t10-/m0/s1. The quantitative estimate of drug-likeness (QED) is 0.850. The molecule has 3 heteroatoms. The molecule has 1 aromatic carbocycles. The van der Waals surface area contributed by atoms with Crippen molar-refractivity contribution in [3.63, 3.8) is 0 Å². The van der Waals surface area contributed by atoms with E-state index in [-0.39, 0.29) is 5.91 Å². The molecule has 2 aromatic rings. The summed E-state index contributed by atoms with van der Waals surface area (Å²) in [5.41, 5.74) is 2.17. The Kier molecular flexibility index (Phi) is 2.82. The predicted molar refractivity (Wildman–Crippen MR) is 72.3 cm³/mol. The first kappa shape index (κ1) is 11.3. The van der Waals surface area contributed by atoms with Gasteiger partial charge in [0.05, 0.1) is 6.42 Å². The minimum atomic E-state index is 0.124. The Hall–Kier alpha value is -1.77. The highest BCUT2D eigenvalue weighted by Gasteiger charge is 2.28. The van der Waals surface area contributed by atoms with Crippen molar-refractivity contribution < 1.29 is 4.79 Å². The zero-order valence-electron chi connectivity index (χ0n) is 10.6. The van der Waals surface area contributed by atoms with E-state index < -0.39 is 0 Å². The Morgan fingerprint density at radius 1 is 1.44 bits per heavy atom. The fourth-order valence-corrected chi connectivity index (χ4v) is 2.47. The molecule has 1 amide bonds. The lowest BCUT2D eigenvalue weighted by atomic mass is 10.1. The van der Waals surface area contributed by atoms with E-state index in [4.69, 9.17) is 0 Å². The summed E-state index contributed by atoms with van der Waals surface area (Å²) >= 11 is 0. The van der Waals surface area contributed by atoms with Gasteiger partial charge in [0.2, 0.25) is 5.91 Å². The predicted octanol–water partition coefficient (Wildman–Crippen LogP) is 2.63. The lowest BCUT2D eigenvalue weighted by Crippen LogP contribution is -2.35. The van der Waals surface area contributed by atoms with Crippen LogP contribution in [0, 0.1) is 5.92 Å². The SMILES string of the molecule is C[C@H](NC(=O)Cc1c[nH]c2ccccc12)C1CC1. The molecule has 0 unspecified atom stereocenters. The van der Waals surface area contributed by atoms with Crippen molar-refractivity contribution in [1.82, 2.24) is 10.3 Å². The molecule has 3 nitrogen and oxygen atoms in total. The van der Waals surface area contributed by atoms with Gasteiger partial charge >= 0.3 is 0 Å². The van der Waals surface area contributed by atoms with Crippen molar-refractivity contribution in [2.45, 2.75) is 32.2 Å². The summed E-state index contributed by atoms with van der Waals surface area (Å²) in [4.78, 5) is 15.2. The van der Waals surface area contributed by atoms with Crippen molar-refractivity contribution >= 4 is 16.8 Å². The number of hydrogen-bond donors (Lipinski definition) is 2. The number of para-hydroxylation sites is 1. The molecular weight excluding hydrogens is 224 g/mol. The third-order valence-corrected chi connectivity index (χ3v) is 3.74. The van der Waals surface area contributed by atoms with Crippen molar-refractivity contribution in [3.05, 3.63) is 36.0 Å². The van der Waals surface area contributed by atoms with Gasteiger partial charge in [-0.05, 0) is 37.3 Å². The van der Waals surface area contributed by atoms with Crippen LogP contribution in [0.2, 0.25) is 0 Å². The maximum atomic E-state index is 12.0. The summed E-state index contributed by atoms with van der Waals surface area (Å²) in [5.74, 6) is 0.830. The third-order valence-electron chi connectivity index (χ3n) is 3.74. The largest absolute Gasteiger partial charge is 0.361 e. The van der Waals surface area contributed by atoms with E-state index in [9.17, 15) is 4.79 Å². The Balaban J connectivity index is 1.69. The van der Waals surface area contributed by atoms with E-state index in [0.717, 1.165) is 16.5 Å². The molecule has 18 heavy (non-hydrogen) atoms. The third kappa shape index (κ3) is 2.26. The van der Waals surface area contributed by atoms with Gasteiger partial charge in [0, 0.05) is 23.1 Å². The summed E-state index contributed by atoms with van der Waals surface area (Å²) in [6, 6.07) is 8.41. The zero-order chi connectivity index (χ0) is 12.5. The van der Waals surface area contributed by atoms with Crippen LogP contribution in [-0.4, -0.2) is 16.9 Å². The van der Waals surface area contributed by atoms with Crippen molar-refractivity contribution in [3.8, 4) is 0 Å². The molecule has 2 N–H and O–H groups in total. The van der Waals surface area contributed by atoms with Gasteiger partial charge < -0.3 is 10.3 Å². The van der Waals surface area contributed by atoms with Crippen molar-refractivity contribution in [2.24, 2.45) is 5.92 Å². The number of aromatic amines is 1. The van der Waals surface area contributed by atoms with Crippen molar-refractivity contribution in [2.75, 3.05) is 0 Å². The molecule has 3 rings (SSSR count). The number of nitrogens with one attached hydrogen (secondary N) is 2. The van der Waals surface area contributed by atoms with E-state index in [2.05, 4.69) is 23.3 Å². The molecule has 1 atom stereocenters. The number of amides is 1. The minimum Gasteiger partial charge on any atom is -0.361 e. The Labute approximate surface area is 107 Å². The number of aromatic nitrogens is 1. The zero-order valence-corrected chi connectivity index (χ0v) is 10.6. The monoisotopic (exact) mass is 242 g/mol. The van der Waals surface area contributed by atoms with Crippen LogP contribution in [0.4, 0.5) is 0 Å². The normalized spacial score (nSPS) is 16.7. The molecule has 1 aromatic heterocycles. The Bertz CT molecular complexity index is 569. The molecule has 1 saturated carbocycles. The van der Waals surface area contributed by atoms with Gasteiger partial charge in [-0.25, -0.2) is 0 Å². The first-order valence-electron chi connectivity index (χ1n) is 6.58. The van der Waals surface area contributed by atoms with Gasteiger partial charge in [-0.2, -0.15) is 0 Å². The maximum absolute atomic E-state index is 12.0. The number of H-pyrrole nitrogens is 1. The fraction of sp³-hybridized carbons (Fsp3) is 0.400. The van der Waals surface area contributed by atoms with Gasteiger partial charge in [-0.3, -0.25) is 4.79 Å². The van der Waals surface area contributed by atoms with Crippen LogP contribution < -0.4 is 5.32 Å². The number of fused-ring (bicyclic) bond motifs is 1. The Morgan fingerprint density at radius 2 is 2.22 bits per heavy atom. The van der Waals surface area contributed by atoms with Gasteiger partial charge in [-0.1, -0.05) is 18.2 Å². The van der Waals surface area contributed by atoms with E-state index in [1.807, 2.05) is 24.4 Å². The smallest absolute Gasteiger partial charge is 0.224 e. The summed E-state index contributed by atoms with van der Waals surface area (Å²) in [6.07, 6.45) is 4.91. The lowest BCUT2D eigenvalue weighted by Gasteiger charge is -2.12. The highest BCUT2D eigenvalue weighted by Crippen LogP contribution is 2.32.